The fourth-order valence-electron chi connectivity index (χ4n) is 1.02. The number of carbonyl (C=O) groups excluding carboxylic acids is 1. The molecule has 0 aliphatic carbocycles. The molecule has 4 heteroatoms. The van der Waals surface area contributed by atoms with Crippen molar-refractivity contribution in [3.05, 3.63) is 0 Å². The fraction of sp³-hybridized carbons (Fsp3) is 0.833. The predicted molar refractivity (Wildman–Crippen MR) is 40.8 cm³/mol. The number of nitrogens with zero attached hydrogens (tertiary/aromatic N) is 1. The zero-order chi connectivity index (χ0) is 7.40. The summed E-state index contributed by atoms with van der Waals surface area (Å²) in [5, 5.41) is 0. The van der Waals surface area contributed by atoms with Gasteiger partial charge in [-0.3, -0.25) is 0 Å². The topological polar surface area (TPSA) is 29.5 Å². The third-order valence-corrected chi connectivity index (χ3v) is 1.83. The minimum absolute atomic E-state index is 0.190. The molecule has 1 rings (SSSR count). The molecule has 3 nitrogen and oxygen atoms in total. The van der Waals surface area contributed by atoms with E-state index in [4.69, 9.17) is 4.18 Å². The van der Waals surface area contributed by atoms with Crippen molar-refractivity contribution in [3.63, 3.8) is 0 Å². The molecule has 0 radical (unpaired) electrons. The maximum Gasteiger partial charge on any atom is 0.421 e. The van der Waals surface area contributed by atoms with Crippen molar-refractivity contribution < 1.29 is 8.98 Å². The largest absolute Gasteiger partial charge is 0.421 e. The van der Waals surface area contributed by atoms with Crippen LogP contribution >= 0.6 is 12.0 Å². The van der Waals surface area contributed by atoms with Gasteiger partial charge in [-0.05, 0) is 12.8 Å². The quantitative estimate of drug-likeness (QED) is 0.546. The minimum atomic E-state index is -0.190. The van der Waals surface area contributed by atoms with E-state index >= 15 is 0 Å². The first-order chi connectivity index (χ1) is 4.84. The first kappa shape index (κ1) is 7.72. The van der Waals surface area contributed by atoms with Crippen LogP contribution in [0.1, 0.15) is 12.8 Å². The standard InChI is InChI=1S/C6H11NO2S/c1-10-9-6(8)7-4-2-3-5-7/h2-5H2,1H3. The molecule has 0 N–H and O–H groups in total. The molecule has 0 aromatic rings. The average molecular weight is 161 g/mol. The monoisotopic (exact) mass is 161 g/mol. The minimum Gasteiger partial charge on any atom is -0.375 e. The average Bonchev–Trinajstić information content (AvgIpc) is 2.38. The van der Waals surface area contributed by atoms with Gasteiger partial charge in [0.05, 0.1) is 12.0 Å². The fourth-order valence-corrected chi connectivity index (χ4v) is 1.27. The Balaban J connectivity index is 2.25. The number of amides is 1. The Morgan fingerprint density at radius 1 is 1.50 bits per heavy atom. The molecule has 0 spiro atoms. The Morgan fingerprint density at radius 3 is 2.60 bits per heavy atom. The predicted octanol–water partition coefficient (Wildman–Crippen LogP) is 1.50. The van der Waals surface area contributed by atoms with E-state index in [0.29, 0.717) is 0 Å². The molecule has 0 unspecified atom stereocenters. The van der Waals surface area contributed by atoms with Crippen molar-refractivity contribution >= 4 is 18.1 Å². The summed E-state index contributed by atoms with van der Waals surface area (Å²) in [4.78, 5) is 12.7. The summed E-state index contributed by atoms with van der Waals surface area (Å²) in [5.74, 6) is 0. The second-order valence-corrected chi connectivity index (χ2v) is 2.71. The molecule has 1 fully saturated rings. The lowest BCUT2D eigenvalue weighted by Crippen LogP contribution is -2.26. The Hall–Kier alpha value is -0.380. The molecule has 10 heavy (non-hydrogen) atoms. The van der Waals surface area contributed by atoms with Crippen LogP contribution in [-0.2, 0) is 4.18 Å². The molecule has 1 heterocycles. The first-order valence-corrected chi connectivity index (χ1v) is 4.49. The van der Waals surface area contributed by atoms with Crippen molar-refractivity contribution in [1.82, 2.24) is 4.90 Å². The second kappa shape index (κ2) is 3.71. The van der Waals surface area contributed by atoms with Crippen molar-refractivity contribution in [3.8, 4) is 0 Å². The maximum absolute atomic E-state index is 10.9. The summed E-state index contributed by atoms with van der Waals surface area (Å²) in [6.45, 7) is 1.72. The highest BCUT2D eigenvalue weighted by molar-refractivity contribution is 7.94. The van der Waals surface area contributed by atoms with Gasteiger partial charge in [0.1, 0.15) is 0 Å². The van der Waals surface area contributed by atoms with Gasteiger partial charge in [0.25, 0.3) is 0 Å². The number of rotatable bonds is 1. The molecule has 1 aliphatic heterocycles. The van der Waals surface area contributed by atoms with Gasteiger partial charge >= 0.3 is 6.09 Å². The number of carbonyl (C=O) groups is 1. The molecule has 0 aromatic heterocycles. The van der Waals surface area contributed by atoms with Crippen molar-refractivity contribution in [2.75, 3.05) is 19.3 Å². The summed E-state index contributed by atoms with van der Waals surface area (Å²) in [6.07, 6.45) is 3.78. The Bertz CT molecular complexity index is 123. The van der Waals surface area contributed by atoms with Crippen molar-refractivity contribution in [2.45, 2.75) is 12.8 Å². The molecule has 0 aromatic carbocycles. The van der Waals surface area contributed by atoms with Crippen LogP contribution in [0.2, 0.25) is 0 Å². The van der Waals surface area contributed by atoms with Crippen LogP contribution in [0, 0.1) is 0 Å². The van der Waals surface area contributed by atoms with E-state index in [1.54, 1.807) is 11.2 Å². The van der Waals surface area contributed by atoms with Crippen LogP contribution in [0.3, 0.4) is 0 Å². The number of hydrogen-bond acceptors (Lipinski definition) is 3. The van der Waals surface area contributed by atoms with Crippen LogP contribution in [0.4, 0.5) is 4.79 Å². The molecule has 1 amide bonds. The van der Waals surface area contributed by atoms with Crippen molar-refractivity contribution in [1.29, 1.82) is 0 Å². The number of likely N-dealkylation sites (tertiary alicyclic amines) is 1. The smallest absolute Gasteiger partial charge is 0.375 e. The zero-order valence-corrected chi connectivity index (χ0v) is 6.82. The molecular weight excluding hydrogens is 150 g/mol. The lowest BCUT2D eigenvalue weighted by molar-refractivity contribution is 0.171. The summed E-state index contributed by atoms with van der Waals surface area (Å²) in [7, 11) is 0. The first-order valence-electron chi connectivity index (χ1n) is 3.34. The van der Waals surface area contributed by atoms with Gasteiger partial charge in [-0.25, -0.2) is 4.79 Å². The lowest BCUT2D eigenvalue weighted by Gasteiger charge is -2.12. The van der Waals surface area contributed by atoms with Gasteiger partial charge < -0.3 is 9.08 Å². The second-order valence-electron chi connectivity index (χ2n) is 2.21. The summed E-state index contributed by atoms with van der Waals surface area (Å²) < 4.78 is 4.73. The highest BCUT2D eigenvalue weighted by Crippen LogP contribution is 2.10. The van der Waals surface area contributed by atoms with Crippen LogP contribution in [0.15, 0.2) is 0 Å². The van der Waals surface area contributed by atoms with Gasteiger partial charge in [-0.1, -0.05) is 0 Å². The molecule has 0 saturated carbocycles. The molecule has 1 saturated heterocycles. The normalized spacial score (nSPS) is 17.5. The lowest BCUT2D eigenvalue weighted by atomic mass is 10.4. The third kappa shape index (κ3) is 1.80. The maximum atomic E-state index is 10.9. The Labute approximate surface area is 64.9 Å². The molecule has 1 aliphatic rings. The van der Waals surface area contributed by atoms with E-state index in [9.17, 15) is 4.79 Å². The zero-order valence-electron chi connectivity index (χ0n) is 6.00. The van der Waals surface area contributed by atoms with Gasteiger partial charge in [0.2, 0.25) is 0 Å². The summed E-state index contributed by atoms with van der Waals surface area (Å²) in [6, 6.07) is 0. The SMILES string of the molecule is CSOC(=O)N1CCCC1. The van der Waals surface area contributed by atoms with E-state index in [1.165, 1.54) is 0 Å². The molecular formula is C6H11NO2S. The molecule has 0 atom stereocenters. The summed E-state index contributed by atoms with van der Waals surface area (Å²) >= 11 is 1.11. The highest BCUT2D eigenvalue weighted by Gasteiger charge is 2.18. The van der Waals surface area contributed by atoms with Gasteiger partial charge in [-0.15, -0.1) is 0 Å². The summed E-state index contributed by atoms with van der Waals surface area (Å²) in [5.41, 5.74) is 0. The van der Waals surface area contributed by atoms with E-state index < -0.39 is 0 Å². The molecule has 58 valence electrons. The van der Waals surface area contributed by atoms with Gasteiger partial charge in [-0.2, -0.15) is 0 Å². The van der Waals surface area contributed by atoms with Crippen LogP contribution < -0.4 is 0 Å². The van der Waals surface area contributed by atoms with Gasteiger partial charge in [0.15, 0.2) is 0 Å². The van der Waals surface area contributed by atoms with Gasteiger partial charge in [0, 0.05) is 19.3 Å². The number of hydrogen-bond donors (Lipinski definition) is 0. The van der Waals surface area contributed by atoms with Crippen molar-refractivity contribution in [2.24, 2.45) is 0 Å². The molecule has 0 bridgehead atoms. The third-order valence-electron chi connectivity index (χ3n) is 1.52. The Kier molecular flexibility index (Phi) is 2.86. The van der Waals surface area contributed by atoms with E-state index in [1.807, 2.05) is 0 Å². The van der Waals surface area contributed by atoms with Crippen LogP contribution in [-0.4, -0.2) is 30.3 Å². The van der Waals surface area contributed by atoms with E-state index in [2.05, 4.69) is 0 Å². The highest BCUT2D eigenvalue weighted by atomic mass is 32.2. The van der Waals surface area contributed by atoms with E-state index in [-0.39, 0.29) is 6.09 Å². The van der Waals surface area contributed by atoms with Crippen LogP contribution in [0.25, 0.3) is 0 Å². The van der Waals surface area contributed by atoms with Crippen LogP contribution in [0.5, 0.6) is 0 Å². The Morgan fingerprint density at radius 2 is 2.10 bits per heavy atom. The van der Waals surface area contributed by atoms with E-state index in [0.717, 1.165) is 38.0 Å².